The molecule has 0 amide bonds. The third kappa shape index (κ3) is 5.18. The van der Waals surface area contributed by atoms with Gasteiger partial charge in [0.05, 0.1) is 18.2 Å². The van der Waals surface area contributed by atoms with Crippen molar-refractivity contribution in [2.75, 3.05) is 5.01 Å². The number of aryl methyl sites for hydroxylation is 2. The van der Waals surface area contributed by atoms with Crippen LogP contribution in [0.3, 0.4) is 0 Å². The Morgan fingerprint density at radius 2 is 1.74 bits per heavy atom. The summed E-state index contributed by atoms with van der Waals surface area (Å²) in [5.41, 5.74) is 7.38. The lowest BCUT2D eigenvalue weighted by Gasteiger charge is -2.25. The van der Waals surface area contributed by atoms with Crippen molar-refractivity contribution >= 4 is 17.4 Å². The SMILES string of the molecule is Cc1ccc(F)c(-c2ccc(Cc3ccc(N4N=C(c5ncccn5)C(C)C4CC(=O)O)cc3)c(C)c2)c1. The minimum Gasteiger partial charge on any atom is -0.481 e. The quantitative estimate of drug-likeness (QED) is 0.322. The number of hydrazone groups is 1. The summed E-state index contributed by atoms with van der Waals surface area (Å²) in [4.78, 5) is 20.3. The van der Waals surface area contributed by atoms with Gasteiger partial charge in [0.25, 0.3) is 0 Å². The van der Waals surface area contributed by atoms with E-state index in [2.05, 4.69) is 16.0 Å². The summed E-state index contributed by atoms with van der Waals surface area (Å²) in [5.74, 6) is -0.731. The van der Waals surface area contributed by atoms with E-state index in [1.807, 2.05) is 63.2 Å². The summed E-state index contributed by atoms with van der Waals surface area (Å²) in [6, 6.07) is 20.6. The van der Waals surface area contributed by atoms with Crippen LogP contribution < -0.4 is 5.01 Å². The highest BCUT2D eigenvalue weighted by atomic mass is 19.1. The molecule has 1 aliphatic heterocycles. The topological polar surface area (TPSA) is 78.7 Å². The third-order valence-electron chi connectivity index (χ3n) is 7.09. The molecule has 0 saturated heterocycles. The van der Waals surface area contributed by atoms with Gasteiger partial charge in [0.15, 0.2) is 5.82 Å². The molecule has 2 unspecified atom stereocenters. The van der Waals surface area contributed by atoms with E-state index in [9.17, 15) is 14.3 Å². The number of carboxylic acid groups (broad SMARTS) is 1. The second-order valence-corrected chi connectivity index (χ2v) is 9.82. The van der Waals surface area contributed by atoms with Gasteiger partial charge in [-0.25, -0.2) is 14.4 Å². The van der Waals surface area contributed by atoms with Gasteiger partial charge in [-0.1, -0.05) is 48.9 Å². The standard InChI is InChI=1S/C31H29FN4O2/c1-19-5-12-27(32)26(15-19)24-9-8-23(20(2)16-24)17-22-6-10-25(11-7-22)36-28(18-29(37)38)21(3)30(35-36)31-33-13-4-14-34-31/h4-16,21,28H,17-18H2,1-3H3,(H,37,38). The molecule has 1 aliphatic rings. The Kier molecular flexibility index (Phi) is 7.01. The van der Waals surface area contributed by atoms with Crippen molar-refractivity contribution in [3.8, 4) is 11.1 Å². The normalized spacial score (nSPS) is 16.9. The number of carboxylic acids is 1. The minimum atomic E-state index is -0.877. The maximum atomic E-state index is 14.4. The molecule has 1 N–H and O–H groups in total. The number of anilines is 1. The Labute approximate surface area is 221 Å². The Hall–Kier alpha value is -4.39. The van der Waals surface area contributed by atoms with E-state index in [-0.39, 0.29) is 24.2 Å². The number of rotatable bonds is 7. The second kappa shape index (κ2) is 10.5. The molecule has 0 fully saturated rings. The summed E-state index contributed by atoms with van der Waals surface area (Å²) in [7, 11) is 0. The maximum absolute atomic E-state index is 14.4. The van der Waals surface area contributed by atoms with Crippen molar-refractivity contribution in [2.24, 2.45) is 11.0 Å². The molecule has 1 aromatic heterocycles. The Balaban J connectivity index is 1.38. The highest BCUT2D eigenvalue weighted by molar-refractivity contribution is 6.02. The molecule has 0 aliphatic carbocycles. The highest BCUT2D eigenvalue weighted by Crippen LogP contribution is 2.33. The fourth-order valence-electron chi connectivity index (χ4n) is 4.95. The van der Waals surface area contributed by atoms with Gasteiger partial charge >= 0.3 is 5.97 Å². The van der Waals surface area contributed by atoms with Crippen LogP contribution in [0.4, 0.5) is 10.1 Å². The van der Waals surface area contributed by atoms with Gasteiger partial charge in [-0.15, -0.1) is 0 Å². The van der Waals surface area contributed by atoms with Gasteiger partial charge in [0.2, 0.25) is 0 Å². The fourth-order valence-corrected chi connectivity index (χ4v) is 4.95. The number of hydrogen-bond acceptors (Lipinski definition) is 5. The van der Waals surface area contributed by atoms with E-state index < -0.39 is 5.97 Å². The smallest absolute Gasteiger partial charge is 0.305 e. The molecule has 0 bridgehead atoms. The van der Waals surface area contributed by atoms with Crippen molar-refractivity contribution in [3.63, 3.8) is 0 Å². The minimum absolute atomic E-state index is 0.0458. The average molecular weight is 509 g/mol. The van der Waals surface area contributed by atoms with Crippen molar-refractivity contribution < 1.29 is 14.3 Å². The van der Waals surface area contributed by atoms with E-state index in [0.29, 0.717) is 17.1 Å². The first-order valence-electron chi connectivity index (χ1n) is 12.6. The van der Waals surface area contributed by atoms with Crippen LogP contribution in [0.25, 0.3) is 11.1 Å². The Morgan fingerprint density at radius 3 is 2.42 bits per heavy atom. The van der Waals surface area contributed by atoms with Crippen LogP contribution in [0.5, 0.6) is 0 Å². The number of halogens is 1. The van der Waals surface area contributed by atoms with Crippen LogP contribution in [-0.2, 0) is 11.2 Å². The van der Waals surface area contributed by atoms with Crippen LogP contribution in [-0.4, -0.2) is 32.8 Å². The Bertz CT molecular complexity index is 1500. The van der Waals surface area contributed by atoms with Gasteiger partial charge < -0.3 is 5.11 Å². The number of hydrogen-bond donors (Lipinski definition) is 1. The zero-order valence-electron chi connectivity index (χ0n) is 21.6. The van der Waals surface area contributed by atoms with Crippen LogP contribution in [0.2, 0.25) is 0 Å². The molecule has 6 nitrogen and oxygen atoms in total. The molecule has 0 radical (unpaired) electrons. The molecular weight excluding hydrogens is 479 g/mol. The van der Waals surface area contributed by atoms with Crippen molar-refractivity contribution in [3.05, 3.63) is 113 Å². The van der Waals surface area contributed by atoms with Crippen LogP contribution >= 0.6 is 0 Å². The monoisotopic (exact) mass is 508 g/mol. The highest BCUT2D eigenvalue weighted by Gasteiger charge is 2.38. The molecule has 38 heavy (non-hydrogen) atoms. The number of aromatic nitrogens is 2. The Morgan fingerprint density at radius 1 is 1.00 bits per heavy atom. The molecular formula is C31H29FN4O2. The van der Waals surface area contributed by atoms with E-state index >= 15 is 0 Å². The van der Waals surface area contributed by atoms with E-state index in [4.69, 9.17) is 5.10 Å². The summed E-state index contributed by atoms with van der Waals surface area (Å²) in [6.07, 6.45) is 4.00. The molecule has 5 rings (SSSR count). The van der Waals surface area contributed by atoms with Crippen molar-refractivity contribution in [1.82, 2.24) is 9.97 Å². The zero-order chi connectivity index (χ0) is 26.8. The lowest BCUT2D eigenvalue weighted by molar-refractivity contribution is -0.137. The molecule has 2 heterocycles. The van der Waals surface area contributed by atoms with Crippen molar-refractivity contribution in [1.29, 1.82) is 0 Å². The summed E-state index contributed by atoms with van der Waals surface area (Å²) in [6.45, 7) is 5.97. The van der Waals surface area contributed by atoms with E-state index in [0.717, 1.165) is 39.9 Å². The second-order valence-electron chi connectivity index (χ2n) is 9.82. The number of carbonyl (C=O) groups is 1. The van der Waals surface area contributed by atoms with Crippen molar-refractivity contribution in [2.45, 2.75) is 39.7 Å². The fraction of sp³-hybridized carbons (Fsp3) is 0.226. The first-order valence-corrected chi connectivity index (χ1v) is 12.6. The van der Waals surface area contributed by atoms with Gasteiger partial charge in [-0.3, -0.25) is 9.80 Å². The summed E-state index contributed by atoms with van der Waals surface area (Å²) in [5, 5.41) is 16.1. The van der Waals surface area contributed by atoms with Crippen LogP contribution in [0, 0.1) is 25.6 Å². The molecule has 192 valence electrons. The van der Waals surface area contributed by atoms with Crippen LogP contribution in [0.15, 0.2) is 84.2 Å². The lowest BCUT2D eigenvalue weighted by Crippen LogP contribution is -2.34. The van der Waals surface area contributed by atoms with Gasteiger partial charge in [0.1, 0.15) is 11.5 Å². The zero-order valence-corrected chi connectivity index (χ0v) is 21.6. The van der Waals surface area contributed by atoms with E-state index in [1.165, 1.54) is 6.07 Å². The maximum Gasteiger partial charge on any atom is 0.305 e. The third-order valence-corrected chi connectivity index (χ3v) is 7.09. The number of nitrogens with zero attached hydrogens (tertiary/aromatic N) is 4. The van der Waals surface area contributed by atoms with Crippen LogP contribution in [0.1, 0.15) is 41.4 Å². The summed E-state index contributed by atoms with van der Waals surface area (Å²) >= 11 is 0. The molecule has 4 aromatic rings. The lowest BCUT2D eigenvalue weighted by atomic mass is 9.94. The van der Waals surface area contributed by atoms with Gasteiger partial charge in [-0.2, -0.15) is 5.10 Å². The molecule has 0 saturated carbocycles. The summed E-state index contributed by atoms with van der Waals surface area (Å²) < 4.78 is 14.4. The number of benzene rings is 3. The average Bonchev–Trinajstić information content (AvgIpc) is 3.23. The largest absolute Gasteiger partial charge is 0.481 e. The predicted molar refractivity (Wildman–Crippen MR) is 147 cm³/mol. The van der Waals surface area contributed by atoms with Gasteiger partial charge in [-0.05, 0) is 72.9 Å². The van der Waals surface area contributed by atoms with Gasteiger partial charge in [0, 0.05) is 23.9 Å². The number of aliphatic carboxylic acids is 1. The molecule has 7 heteroatoms. The van der Waals surface area contributed by atoms with E-state index in [1.54, 1.807) is 29.5 Å². The molecule has 3 aromatic carbocycles. The first kappa shape index (κ1) is 25.3. The molecule has 2 atom stereocenters. The molecule has 0 spiro atoms. The predicted octanol–water partition coefficient (Wildman–Crippen LogP) is 6.19. The first-order chi connectivity index (χ1) is 18.3.